The van der Waals surface area contributed by atoms with Crippen molar-refractivity contribution < 1.29 is 9.63 Å². The molecule has 7 nitrogen and oxygen atoms in total. The Hall–Kier alpha value is -2.41. The van der Waals surface area contributed by atoms with Crippen molar-refractivity contribution in [2.24, 2.45) is 11.8 Å². The largest absolute Gasteiger partial charge is 0.272 e. The van der Waals surface area contributed by atoms with Gasteiger partial charge in [0, 0.05) is 37.1 Å². The van der Waals surface area contributed by atoms with Crippen LogP contribution in [0.2, 0.25) is 0 Å². The van der Waals surface area contributed by atoms with Crippen LogP contribution in [0.3, 0.4) is 0 Å². The van der Waals surface area contributed by atoms with E-state index in [4.69, 9.17) is 4.84 Å². The van der Waals surface area contributed by atoms with Gasteiger partial charge in [-0.15, -0.1) is 0 Å². The molecule has 1 atom stereocenters. The lowest BCUT2D eigenvalue weighted by atomic mass is 9.79. The third-order valence-corrected chi connectivity index (χ3v) is 5.60. The van der Waals surface area contributed by atoms with Crippen LogP contribution in [-0.4, -0.2) is 37.5 Å². The van der Waals surface area contributed by atoms with Gasteiger partial charge in [0.15, 0.2) is 0 Å². The molecular weight excluding hydrogens is 342 g/mol. The molecule has 2 aromatic heterocycles. The number of carbonyl (C=O) groups excluding carboxylic acids is 1. The number of aromatic nitrogens is 4. The van der Waals surface area contributed by atoms with Gasteiger partial charge in [-0.1, -0.05) is 0 Å². The van der Waals surface area contributed by atoms with Gasteiger partial charge in [0.25, 0.3) is 0 Å². The standard InChI is InChI=1S/C20H25N5O2/c1-14-23-11-16(12-24-14)10-15-2-4-17(5-3-15)20(26)25-19(6-9-27-25)18-13-21-7-8-22-18/h7-8,11-13,15,17,19H,2-6,9-10H2,1H3/t15-,17-,19-/m0/s1. The summed E-state index contributed by atoms with van der Waals surface area (Å²) in [7, 11) is 0. The molecule has 0 radical (unpaired) electrons. The van der Waals surface area contributed by atoms with Crippen LogP contribution in [-0.2, 0) is 16.1 Å². The first-order valence-corrected chi connectivity index (χ1v) is 9.70. The van der Waals surface area contributed by atoms with Crippen molar-refractivity contribution in [3.63, 3.8) is 0 Å². The smallest absolute Gasteiger partial charge is 0.249 e. The summed E-state index contributed by atoms with van der Waals surface area (Å²) >= 11 is 0. The molecule has 0 aromatic carbocycles. The van der Waals surface area contributed by atoms with Crippen molar-refractivity contribution >= 4 is 5.91 Å². The monoisotopic (exact) mass is 367 g/mol. The maximum atomic E-state index is 13.0. The van der Waals surface area contributed by atoms with Crippen molar-refractivity contribution in [2.45, 2.75) is 51.5 Å². The summed E-state index contributed by atoms with van der Waals surface area (Å²) in [5.41, 5.74) is 1.98. The molecule has 0 spiro atoms. The van der Waals surface area contributed by atoms with E-state index in [2.05, 4.69) is 19.9 Å². The van der Waals surface area contributed by atoms with Gasteiger partial charge in [0.1, 0.15) is 11.9 Å². The van der Waals surface area contributed by atoms with E-state index in [9.17, 15) is 4.79 Å². The van der Waals surface area contributed by atoms with E-state index >= 15 is 0 Å². The van der Waals surface area contributed by atoms with E-state index in [0.717, 1.165) is 50.0 Å². The molecule has 1 saturated heterocycles. The Labute approximate surface area is 159 Å². The molecule has 4 rings (SSSR count). The van der Waals surface area contributed by atoms with Crippen molar-refractivity contribution in [3.05, 3.63) is 48.1 Å². The molecular formula is C20H25N5O2. The summed E-state index contributed by atoms with van der Waals surface area (Å²) in [4.78, 5) is 35.7. The SMILES string of the molecule is Cc1ncc(C[C@H]2CC[C@H](C(=O)N3OCC[C@H]3c3cnccn3)CC2)cn1. The third-order valence-electron chi connectivity index (χ3n) is 5.60. The van der Waals surface area contributed by atoms with Gasteiger partial charge in [0.2, 0.25) is 5.91 Å². The van der Waals surface area contributed by atoms with E-state index in [-0.39, 0.29) is 17.9 Å². The lowest BCUT2D eigenvalue weighted by Gasteiger charge is -2.31. The zero-order valence-corrected chi connectivity index (χ0v) is 15.6. The summed E-state index contributed by atoms with van der Waals surface area (Å²) in [5, 5.41) is 1.56. The lowest BCUT2D eigenvalue weighted by Crippen LogP contribution is -2.37. The fourth-order valence-corrected chi connectivity index (χ4v) is 4.09. The van der Waals surface area contributed by atoms with Crippen LogP contribution >= 0.6 is 0 Å². The molecule has 1 aliphatic heterocycles. The summed E-state index contributed by atoms with van der Waals surface area (Å²) in [6.45, 7) is 2.45. The number of hydrogen-bond donors (Lipinski definition) is 0. The highest BCUT2D eigenvalue weighted by molar-refractivity contribution is 5.78. The van der Waals surface area contributed by atoms with Crippen molar-refractivity contribution in [2.75, 3.05) is 6.61 Å². The molecule has 7 heteroatoms. The Bertz CT molecular complexity index is 760. The number of carbonyl (C=O) groups is 1. The molecule has 1 amide bonds. The van der Waals surface area contributed by atoms with Crippen LogP contribution in [0.4, 0.5) is 0 Å². The second-order valence-electron chi connectivity index (χ2n) is 7.49. The second-order valence-corrected chi connectivity index (χ2v) is 7.49. The van der Waals surface area contributed by atoms with Gasteiger partial charge in [-0.25, -0.2) is 15.0 Å². The van der Waals surface area contributed by atoms with E-state index in [0.29, 0.717) is 12.5 Å². The van der Waals surface area contributed by atoms with E-state index in [1.807, 2.05) is 19.3 Å². The molecule has 2 aromatic rings. The zero-order valence-electron chi connectivity index (χ0n) is 15.6. The van der Waals surface area contributed by atoms with Crippen LogP contribution < -0.4 is 0 Å². The average Bonchev–Trinajstić information content (AvgIpc) is 3.20. The average molecular weight is 367 g/mol. The number of nitrogens with zero attached hydrogens (tertiary/aromatic N) is 5. The third kappa shape index (κ3) is 4.13. The van der Waals surface area contributed by atoms with Gasteiger partial charge in [-0.2, -0.15) is 0 Å². The fourth-order valence-electron chi connectivity index (χ4n) is 4.09. The van der Waals surface area contributed by atoms with Gasteiger partial charge < -0.3 is 0 Å². The normalized spacial score (nSPS) is 25.5. The molecule has 2 fully saturated rings. The van der Waals surface area contributed by atoms with Gasteiger partial charge >= 0.3 is 0 Å². The predicted octanol–water partition coefficient (Wildman–Crippen LogP) is 2.83. The molecule has 27 heavy (non-hydrogen) atoms. The van der Waals surface area contributed by atoms with E-state index < -0.39 is 0 Å². The van der Waals surface area contributed by atoms with Crippen LogP contribution in [0.5, 0.6) is 0 Å². The van der Waals surface area contributed by atoms with E-state index in [1.165, 1.54) is 5.56 Å². The quantitative estimate of drug-likeness (QED) is 0.826. The molecule has 142 valence electrons. The summed E-state index contributed by atoms with van der Waals surface area (Å²) in [5.74, 6) is 1.53. The Balaban J connectivity index is 1.33. The number of rotatable bonds is 4. The predicted molar refractivity (Wildman–Crippen MR) is 98.1 cm³/mol. The molecule has 3 heterocycles. The summed E-state index contributed by atoms with van der Waals surface area (Å²) in [6, 6.07) is -0.117. The number of hydrogen-bond acceptors (Lipinski definition) is 6. The van der Waals surface area contributed by atoms with Crippen molar-refractivity contribution in [3.8, 4) is 0 Å². The first-order chi connectivity index (χ1) is 13.2. The molecule has 0 N–H and O–H groups in total. The van der Waals surface area contributed by atoms with Gasteiger partial charge in [0.05, 0.1) is 18.5 Å². The van der Waals surface area contributed by atoms with Crippen molar-refractivity contribution in [1.82, 2.24) is 25.0 Å². The summed E-state index contributed by atoms with van der Waals surface area (Å²) in [6.07, 6.45) is 14.5. The molecule has 0 bridgehead atoms. The van der Waals surface area contributed by atoms with Gasteiger partial charge in [-0.3, -0.25) is 19.6 Å². The molecule has 1 saturated carbocycles. The molecule has 0 unspecified atom stereocenters. The minimum absolute atomic E-state index is 0.0350. The Morgan fingerprint density at radius 1 is 1.07 bits per heavy atom. The first-order valence-electron chi connectivity index (χ1n) is 9.70. The molecule has 2 aliphatic rings. The number of hydroxylamine groups is 2. The van der Waals surface area contributed by atoms with Crippen LogP contribution in [0.15, 0.2) is 31.0 Å². The summed E-state index contributed by atoms with van der Waals surface area (Å²) < 4.78 is 0. The maximum Gasteiger partial charge on any atom is 0.249 e. The second kappa shape index (κ2) is 8.08. The molecule has 1 aliphatic carbocycles. The Morgan fingerprint density at radius 3 is 2.56 bits per heavy atom. The number of amides is 1. The van der Waals surface area contributed by atoms with Crippen molar-refractivity contribution in [1.29, 1.82) is 0 Å². The van der Waals surface area contributed by atoms with Crippen LogP contribution in [0, 0.1) is 18.8 Å². The number of aryl methyl sites for hydroxylation is 1. The fraction of sp³-hybridized carbons (Fsp3) is 0.550. The van der Waals surface area contributed by atoms with Gasteiger partial charge in [-0.05, 0) is 50.5 Å². The van der Waals surface area contributed by atoms with Crippen LogP contribution in [0.25, 0.3) is 0 Å². The Morgan fingerprint density at radius 2 is 1.85 bits per heavy atom. The zero-order chi connectivity index (χ0) is 18.6. The minimum atomic E-state index is -0.117. The highest BCUT2D eigenvalue weighted by Gasteiger charge is 2.37. The van der Waals surface area contributed by atoms with E-state index in [1.54, 1.807) is 23.7 Å². The lowest BCUT2D eigenvalue weighted by molar-refractivity contribution is -0.183. The maximum absolute atomic E-state index is 13.0. The Kier molecular flexibility index (Phi) is 5.38. The first kappa shape index (κ1) is 18.0. The minimum Gasteiger partial charge on any atom is -0.272 e. The highest BCUT2D eigenvalue weighted by Crippen LogP contribution is 2.36. The van der Waals surface area contributed by atoms with Crippen LogP contribution in [0.1, 0.15) is 55.2 Å². The topological polar surface area (TPSA) is 81.1 Å². The highest BCUT2D eigenvalue weighted by atomic mass is 16.7.